The van der Waals surface area contributed by atoms with E-state index in [2.05, 4.69) is 15.2 Å². The molecule has 3 aromatic rings. The second-order valence-corrected chi connectivity index (χ2v) is 4.27. The summed E-state index contributed by atoms with van der Waals surface area (Å²) in [5.74, 6) is 1.36. The molecular weight excluding hydrogens is 266 g/mol. The molecule has 0 saturated carbocycles. The van der Waals surface area contributed by atoms with E-state index in [1.165, 1.54) is 0 Å². The van der Waals surface area contributed by atoms with Crippen molar-refractivity contribution < 1.29 is 4.74 Å². The number of ether oxygens (including phenoxy) is 1. The summed E-state index contributed by atoms with van der Waals surface area (Å²) in [6.07, 6.45) is 1.60. The molecule has 102 valence electrons. The summed E-state index contributed by atoms with van der Waals surface area (Å²) < 4.78 is 5.60. The zero-order chi connectivity index (χ0) is 14.7. The molecule has 0 radical (unpaired) electrons. The van der Waals surface area contributed by atoms with Crippen molar-refractivity contribution in [3.63, 3.8) is 0 Å². The Kier molecular flexibility index (Phi) is 3.23. The van der Waals surface area contributed by atoms with E-state index in [1.54, 1.807) is 18.3 Å². The summed E-state index contributed by atoms with van der Waals surface area (Å²) in [6, 6.07) is 14.9. The molecule has 21 heavy (non-hydrogen) atoms. The van der Waals surface area contributed by atoms with Crippen molar-refractivity contribution >= 4 is 5.82 Å². The van der Waals surface area contributed by atoms with Gasteiger partial charge in [-0.3, -0.25) is 5.10 Å². The monoisotopic (exact) mass is 277 g/mol. The lowest BCUT2D eigenvalue weighted by atomic mass is 10.1. The molecule has 6 nitrogen and oxygen atoms in total. The second kappa shape index (κ2) is 5.35. The number of hydrogen-bond donors (Lipinski definition) is 2. The fraction of sp³-hybridized carbons (Fsp3) is 0. The summed E-state index contributed by atoms with van der Waals surface area (Å²) in [5, 5.41) is 15.6. The summed E-state index contributed by atoms with van der Waals surface area (Å²) in [7, 11) is 0. The Hall–Kier alpha value is -3.33. The van der Waals surface area contributed by atoms with Crippen molar-refractivity contribution in [1.82, 2.24) is 15.2 Å². The van der Waals surface area contributed by atoms with Crippen molar-refractivity contribution in [1.29, 1.82) is 5.26 Å². The van der Waals surface area contributed by atoms with Gasteiger partial charge in [-0.05, 0) is 18.2 Å². The first-order valence-electron chi connectivity index (χ1n) is 6.21. The van der Waals surface area contributed by atoms with E-state index in [1.807, 2.05) is 36.4 Å². The molecule has 6 heteroatoms. The summed E-state index contributed by atoms with van der Waals surface area (Å²) in [6.45, 7) is 0. The van der Waals surface area contributed by atoms with Crippen molar-refractivity contribution in [3.05, 3.63) is 54.2 Å². The minimum Gasteiger partial charge on any atom is -0.439 e. The molecule has 0 aliphatic heterocycles. The van der Waals surface area contributed by atoms with Gasteiger partial charge in [-0.2, -0.15) is 10.4 Å². The highest BCUT2D eigenvalue weighted by molar-refractivity contribution is 5.71. The number of H-pyrrole nitrogens is 1. The summed E-state index contributed by atoms with van der Waals surface area (Å²) in [4.78, 5) is 4.21. The average Bonchev–Trinajstić information content (AvgIpc) is 2.90. The molecule has 0 fully saturated rings. The van der Waals surface area contributed by atoms with Crippen LogP contribution in [0.2, 0.25) is 0 Å². The van der Waals surface area contributed by atoms with E-state index in [9.17, 15) is 0 Å². The highest BCUT2D eigenvalue weighted by Crippen LogP contribution is 2.26. The number of nitrogens with zero attached hydrogens (tertiary/aromatic N) is 3. The quantitative estimate of drug-likeness (QED) is 0.766. The number of rotatable bonds is 3. The Morgan fingerprint density at radius 3 is 2.62 bits per heavy atom. The van der Waals surface area contributed by atoms with Crippen molar-refractivity contribution in [3.8, 4) is 29.0 Å². The van der Waals surface area contributed by atoms with Crippen LogP contribution in [0.3, 0.4) is 0 Å². The molecular formula is C15H11N5O. The average molecular weight is 277 g/mol. The van der Waals surface area contributed by atoms with Gasteiger partial charge in [0.1, 0.15) is 17.4 Å². The van der Waals surface area contributed by atoms with E-state index in [0.29, 0.717) is 22.9 Å². The van der Waals surface area contributed by atoms with Gasteiger partial charge in [0.25, 0.3) is 0 Å². The van der Waals surface area contributed by atoms with E-state index in [-0.39, 0.29) is 5.82 Å². The molecule has 0 bridgehead atoms. The van der Waals surface area contributed by atoms with Crippen LogP contribution in [0.25, 0.3) is 11.3 Å². The number of benzene rings is 1. The lowest BCUT2D eigenvalue weighted by Crippen LogP contribution is -1.90. The minimum absolute atomic E-state index is 0.178. The maximum Gasteiger partial charge on any atom is 0.219 e. The van der Waals surface area contributed by atoms with E-state index in [4.69, 9.17) is 15.7 Å². The van der Waals surface area contributed by atoms with Gasteiger partial charge in [-0.1, -0.05) is 18.2 Å². The molecule has 0 spiro atoms. The van der Waals surface area contributed by atoms with Gasteiger partial charge < -0.3 is 10.5 Å². The van der Waals surface area contributed by atoms with Crippen LogP contribution in [0.15, 0.2) is 48.7 Å². The summed E-state index contributed by atoms with van der Waals surface area (Å²) >= 11 is 0. The van der Waals surface area contributed by atoms with Crippen molar-refractivity contribution in [2.75, 3.05) is 5.73 Å². The van der Waals surface area contributed by atoms with Crippen LogP contribution in [0.4, 0.5) is 5.82 Å². The van der Waals surface area contributed by atoms with Gasteiger partial charge in [0, 0.05) is 17.8 Å². The number of pyridine rings is 1. The zero-order valence-corrected chi connectivity index (χ0v) is 10.9. The fourth-order valence-corrected chi connectivity index (χ4v) is 1.88. The molecule has 0 atom stereocenters. The Morgan fingerprint density at radius 2 is 1.95 bits per heavy atom. The summed E-state index contributed by atoms with van der Waals surface area (Å²) in [5.41, 5.74) is 7.19. The van der Waals surface area contributed by atoms with Crippen LogP contribution in [0.5, 0.6) is 11.6 Å². The van der Waals surface area contributed by atoms with Gasteiger partial charge >= 0.3 is 0 Å². The number of nitrogen functional groups attached to an aromatic ring is 1. The first-order chi connectivity index (χ1) is 10.3. The Morgan fingerprint density at radius 1 is 1.14 bits per heavy atom. The van der Waals surface area contributed by atoms with Gasteiger partial charge in [0.2, 0.25) is 5.88 Å². The molecule has 1 aromatic carbocycles. The van der Waals surface area contributed by atoms with Gasteiger partial charge in [0.05, 0.1) is 5.69 Å². The molecule has 2 heterocycles. The topological polar surface area (TPSA) is 101 Å². The van der Waals surface area contributed by atoms with Crippen molar-refractivity contribution in [2.45, 2.75) is 0 Å². The maximum atomic E-state index is 9.06. The SMILES string of the molecule is N#Cc1c(N)n[nH]c1-c1ccc(Oc2ccccc2)nc1. The van der Waals surface area contributed by atoms with Crippen LogP contribution in [-0.2, 0) is 0 Å². The molecule has 3 rings (SSSR count). The molecule has 0 amide bonds. The highest BCUT2D eigenvalue weighted by Gasteiger charge is 2.12. The van der Waals surface area contributed by atoms with Crippen LogP contribution >= 0.6 is 0 Å². The third kappa shape index (κ3) is 2.53. The number of hydrogen-bond acceptors (Lipinski definition) is 5. The number of para-hydroxylation sites is 1. The number of nitriles is 1. The largest absolute Gasteiger partial charge is 0.439 e. The van der Waals surface area contributed by atoms with E-state index >= 15 is 0 Å². The lowest BCUT2D eigenvalue weighted by molar-refractivity contribution is 0.463. The number of aromatic nitrogens is 3. The number of nitrogens with one attached hydrogen (secondary N) is 1. The van der Waals surface area contributed by atoms with Crippen LogP contribution < -0.4 is 10.5 Å². The predicted molar refractivity (Wildman–Crippen MR) is 77.5 cm³/mol. The number of aromatic amines is 1. The molecule has 0 aliphatic rings. The Balaban J connectivity index is 1.86. The maximum absolute atomic E-state index is 9.06. The van der Waals surface area contributed by atoms with E-state index < -0.39 is 0 Å². The molecule has 0 saturated heterocycles. The first kappa shape index (κ1) is 12.7. The third-order valence-corrected chi connectivity index (χ3v) is 2.90. The number of nitrogens with two attached hydrogens (primary N) is 1. The highest BCUT2D eigenvalue weighted by atomic mass is 16.5. The zero-order valence-electron chi connectivity index (χ0n) is 10.9. The predicted octanol–water partition coefficient (Wildman–Crippen LogP) is 2.72. The standard InChI is InChI=1S/C15H11N5O/c16-8-12-14(19-20-15(12)17)10-6-7-13(18-9-10)21-11-4-2-1-3-5-11/h1-7,9H,(H3,17,19,20). The van der Waals surface area contributed by atoms with Crippen molar-refractivity contribution in [2.24, 2.45) is 0 Å². The fourth-order valence-electron chi connectivity index (χ4n) is 1.88. The normalized spacial score (nSPS) is 10.0. The second-order valence-electron chi connectivity index (χ2n) is 4.27. The molecule has 0 aliphatic carbocycles. The Labute approximate surface area is 120 Å². The first-order valence-corrected chi connectivity index (χ1v) is 6.21. The van der Waals surface area contributed by atoms with E-state index in [0.717, 1.165) is 5.56 Å². The Bertz CT molecular complexity index is 787. The minimum atomic E-state index is 0.178. The smallest absolute Gasteiger partial charge is 0.219 e. The van der Waals surface area contributed by atoms with Gasteiger partial charge in [-0.25, -0.2) is 4.98 Å². The van der Waals surface area contributed by atoms with Crippen LogP contribution in [0.1, 0.15) is 5.56 Å². The molecule has 0 unspecified atom stereocenters. The number of anilines is 1. The van der Waals surface area contributed by atoms with Gasteiger partial charge in [-0.15, -0.1) is 0 Å². The third-order valence-electron chi connectivity index (χ3n) is 2.90. The molecule has 3 N–H and O–H groups in total. The van der Waals surface area contributed by atoms with Crippen LogP contribution in [-0.4, -0.2) is 15.2 Å². The van der Waals surface area contributed by atoms with Gasteiger partial charge in [0.15, 0.2) is 5.82 Å². The molecule has 2 aromatic heterocycles. The lowest BCUT2D eigenvalue weighted by Gasteiger charge is -2.05. The van der Waals surface area contributed by atoms with Crippen LogP contribution in [0, 0.1) is 11.3 Å².